The van der Waals surface area contributed by atoms with E-state index in [9.17, 15) is 4.57 Å². The van der Waals surface area contributed by atoms with E-state index >= 15 is 0 Å². The lowest BCUT2D eigenvalue weighted by Crippen LogP contribution is -1.87. The molecule has 0 aromatic carbocycles. The summed E-state index contributed by atoms with van der Waals surface area (Å²) >= 11 is 0. The molecule has 1 N–H and O–H groups in total. The van der Waals surface area contributed by atoms with Gasteiger partial charge >= 0.3 is 0 Å². The Bertz CT molecular complexity index is 65.7. The van der Waals surface area contributed by atoms with Gasteiger partial charge in [0.05, 0.1) is 13.2 Å². The highest BCUT2D eigenvalue weighted by molar-refractivity contribution is 7.39. The van der Waals surface area contributed by atoms with Gasteiger partial charge in [-0.2, -0.15) is 0 Å². The third kappa shape index (κ3) is 4.31. The molecule has 50 valence electrons. The Balaban J connectivity index is 3.06. The highest BCUT2D eigenvalue weighted by Gasteiger charge is 1.93. The fourth-order valence-corrected chi connectivity index (χ4v) is 0.973. The molecular formula is C4H11O3P. The van der Waals surface area contributed by atoms with Crippen molar-refractivity contribution in [2.75, 3.05) is 19.4 Å². The maximum absolute atomic E-state index is 10.4. The average molecular weight is 138 g/mol. The van der Waals surface area contributed by atoms with Crippen molar-refractivity contribution < 1.29 is 14.2 Å². The third-order valence-electron chi connectivity index (χ3n) is 0.621. The van der Waals surface area contributed by atoms with Crippen LogP contribution in [0, 0.1) is 0 Å². The summed E-state index contributed by atoms with van der Waals surface area (Å²) in [6.07, 6.45) is 0.290. The smallest absolute Gasteiger partial charge is 0.193 e. The van der Waals surface area contributed by atoms with Gasteiger partial charge in [0.2, 0.25) is 0 Å². The van der Waals surface area contributed by atoms with Crippen molar-refractivity contribution in [2.24, 2.45) is 0 Å². The van der Waals surface area contributed by atoms with Crippen LogP contribution in [0.5, 0.6) is 0 Å². The predicted octanol–water partition coefficient (Wildman–Crippen LogP) is 0.490. The van der Waals surface area contributed by atoms with E-state index in [4.69, 9.17) is 5.11 Å². The largest absolute Gasteiger partial charge is 0.396 e. The zero-order chi connectivity index (χ0) is 6.41. The quantitative estimate of drug-likeness (QED) is 0.575. The number of aliphatic hydroxyl groups excluding tert-OH is 1. The van der Waals surface area contributed by atoms with Gasteiger partial charge in [0, 0.05) is 6.16 Å². The van der Waals surface area contributed by atoms with Crippen LogP contribution in [0.4, 0.5) is 0 Å². The molecule has 0 rings (SSSR count). The maximum atomic E-state index is 10.4. The first-order valence-corrected chi connectivity index (χ1v) is 4.10. The second-order valence-electron chi connectivity index (χ2n) is 1.28. The van der Waals surface area contributed by atoms with Crippen molar-refractivity contribution in [3.63, 3.8) is 0 Å². The number of rotatable bonds is 4. The monoisotopic (exact) mass is 138 g/mol. The molecule has 0 aromatic heterocycles. The Morgan fingerprint density at radius 3 is 2.75 bits per heavy atom. The molecule has 0 aliphatic rings. The number of hydrogen-bond acceptors (Lipinski definition) is 3. The molecule has 0 aliphatic heterocycles. The summed E-state index contributed by atoms with van der Waals surface area (Å²) < 4.78 is 15.1. The summed E-state index contributed by atoms with van der Waals surface area (Å²) in [6, 6.07) is 0. The van der Waals surface area contributed by atoms with E-state index in [-0.39, 0.29) is 6.61 Å². The summed E-state index contributed by atoms with van der Waals surface area (Å²) in [5.74, 6) is 0. The van der Waals surface area contributed by atoms with Crippen LogP contribution in [0.25, 0.3) is 0 Å². The Hall–Kier alpha value is 0.150. The van der Waals surface area contributed by atoms with Crippen molar-refractivity contribution in [1.29, 1.82) is 0 Å². The minimum Gasteiger partial charge on any atom is -0.396 e. The topological polar surface area (TPSA) is 46.5 Å². The third-order valence-corrected chi connectivity index (χ3v) is 1.86. The number of aliphatic hydroxyl groups is 1. The first-order valence-electron chi connectivity index (χ1n) is 2.57. The van der Waals surface area contributed by atoms with E-state index in [1.807, 2.05) is 0 Å². The molecule has 1 unspecified atom stereocenters. The lowest BCUT2D eigenvalue weighted by Gasteiger charge is -1.95. The molecule has 0 saturated carbocycles. The molecule has 8 heavy (non-hydrogen) atoms. The van der Waals surface area contributed by atoms with Crippen LogP contribution in [0.15, 0.2) is 0 Å². The van der Waals surface area contributed by atoms with Gasteiger partial charge in [-0.05, 0) is 6.92 Å². The molecule has 0 saturated heterocycles. The van der Waals surface area contributed by atoms with Crippen LogP contribution < -0.4 is 0 Å². The first-order chi connectivity index (χ1) is 3.81. The average Bonchev–Trinajstić information content (AvgIpc) is 1.68. The summed E-state index contributed by atoms with van der Waals surface area (Å²) in [5.41, 5.74) is 0. The molecule has 0 radical (unpaired) electrons. The maximum Gasteiger partial charge on any atom is 0.193 e. The lowest BCUT2D eigenvalue weighted by atomic mass is 10.9. The van der Waals surface area contributed by atoms with Gasteiger partial charge in [0.15, 0.2) is 8.03 Å². The first kappa shape index (κ1) is 8.15. The molecule has 0 aliphatic carbocycles. The van der Waals surface area contributed by atoms with Gasteiger partial charge in [-0.3, -0.25) is 4.57 Å². The van der Waals surface area contributed by atoms with Gasteiger partial charge in [-0.25, -0.2) is 0 Å². The minimum absolute atomic E-state index is 0.0439. The molecule has 4 heteroatoms. The van der Waals surface area contributed by atoms with Crippen molar-refractivity contribution in [1.82, 2.24) is 0 Å². The highest BCUT2D eigenvalue weighted by atomic mass is 31.1. The lowest BCUT2D eigenvalue weighted by molar-refractivity contribution is 0.304. The van der Waals surface area contributed by atoms with E-state index in [1.165, 1.54) is 0 Å². The predicted molar refractivity (Wildman–Crippen MR) is 32.6 cm³/mol. The molecule has 1 atom stereocenters. The van der Waals surface area contributed by atoms with Crippen molar-refractivity contribution in [3.8, 4) is 0 Å². The molecule has 0 fully saturated rings. The van der Waals surface area contributed by atoms with E-state index < -0.39 is 8.03 Å². The second kappa shape index (κ2) is 5.29. The van der Waals surface area contributed by atoms with E-state index in [1.54, 1.807) is 6.92 Å². The van der Waals surface area contributed by atoms with Crippen LogP contribution in [0.3, 0.4) is 0 Å². The van der Waals surface area contributed by atoms with Gasteiger partial charge in [0.1, 0.15) is 0 Å². The summed E-state index contributed by atoms with van der Waals surface area (Å²) in [5, 5.41) is 8.21. The molecule has 0 bridgehead atoms. The molecule has 3 nitrogen and oxygen atoms in total. The minimum atomic E-state index is -1.89. The Labute approximate surface area is 49.5 Å². The number of hydrogen-bond donors (Lipinski definition) is 1. The fraction of sp³-hybridized carbons (Fsp3) is 1.00. The summed E-state index contributed by atoms with van der Waals surface area (Å²) in [6.45, 7) is 2.20. The highest BCUT2D eigenvalue weighted by Crippen LogP contribution is 2.19. The fourth-order valence-electron chi connectivity index (χ4n) is 0.324. The van der Waals surface area contributed by atoms with Crippen LogP contribution in [0.2, 0.25) is 0 Å². The standard InChI is InChI=1S/C4H11O3P/c1-2-7-8(6)4-3-5/h5,8H,2-4H2,1H3. The van der Waals surface area contributed by atoms with Crippen LogP contribution in [-0.4, -0.2) is 24.5 Å². The van der Waals surface area contributed by atoms with Gasteiger partial charge in [-0.1, -0.05) is 0 Å². The molecular weight excluding hydrogens is 127 g/mol. The zero-order valence-electron chi connectivity index (χ0n) is 4.89. The second-order valence-corrected chi connectivity index (χ2v) is 2.81. The summed E-state index contributed by atoms with van der Waals surface area (Å²) in [4.78, 5) is 0. The molecule has 0 amide bonds. The zero-order valence-corrected chi connectivity index (χ0v) is 5.89. The van der Waals surface area contributed by atoms with Crippen LogP contribution >= 0.6 is 8.03 Å². The van der Waals surface area contributed by atoms with Crippen LogP contribution in [0.1, 0.15) is 6.92 Å². The molecule has 0 heterocycles. The van der Waals surface area contributed by atoms with Gasteiger partial charge < -0.3 is 9.63 Å². The van der Waals surface area contributed by atoms with Crippen molar-refractivity contribution in [2.45, 2.75) is 6.92 Å². The van der Waals surface area contributed by atoms with E-state index in [2.05, 4.69) is 4.52 Å². The van der Waals surface area contributed by atoms with Crippen molar-refractivity contribution >= 4 is 8.03 Å². The van der Waals surface area contributed by atoms with Crippen LogP contribution in [-0.2, 0) is 9.09 Å². The Morgan fingerprint density at radius 2 is 2.38 bits per heavy atom. The van der Waals surface area contributed by atoms with Gasteiger partial charge in [-0.15, -0.1) is 0 Å². The SMILES string of the molecule is CCO[PH](=O)CCO. The molecule has 0 spiro atoms. The van der Waals surface area contributed by atoms with E-state index in [0.29, 0.717) is 12.8 Å². The normalized spacial score (nSPS) is 13.8. The van der Waals surface area contributed by atoms with Crippen molar-refractivity contribution in [3.05, 3.63) is 0 Å². The molecule has 0 aromatic rings. The Kier molecular flexibility index (Phi) is 5.39. The van der Waals surface area contributed by atoms with Gasteiger partial charge in [0.25, 0.3) is 0 Å². The Morgan fingerprint density at radius 1 is 1.75 bits per heavy atom. The van der Waals surface area contributed by atoms with E-state index in [0.717, 1.165) is 0 Å². The summed E-state index contributed by atoms with van der Waals surface area (Å²) in [7, 11) is -1.89.